The summed E-state index contributed by atoms with van der Waals surface area (Å²) >= 11 is 0. The Morgan fingerprint density at radius 1 is 1.44 bits per heavy atom. The molecule has 0 radical (unpaired) electrons. The Kier molecular flexibility index (Phi) is 4.62. The van der Waals surface area contributed by atoms with E-state index in [1.54, 1.807) is 7.05 Å². The summed E-state index contributed by atoms with van der Waals surface area (Å²) in [4.78, 5) is -0.338. The van der Waals surface area contributed by atoms with Crippen molar-refractivity contribution in [2.75, 3.05) is 20.7 Å². The fourth-order valence-corrected chi connectivity index (χ4v) is 1.74. The minimum atomic E-state index is -4.37. The average Bonchev–Trinajstić information content (AvgIpc) is 2.34. The molecular formula is C10H15N3O4S. The Labute approximate surface area is 106 Å². The molecule has 1 aromatic carbocycles. The van der Waals surface area contributed by atoms with Gasteiger partial charge in [0, 0.05) is 19.7 Å². The molecule has 0 aliphatic rings. The van der Waals surface area contributed by atoms with Gasteiger partial charge in [-0.05, 0) is 19.1 Å². The van der Waals surface area contributed by atoms with Crippen LogP contribution in [0.1, 0.15) is 6.92 Å². The number of methoxy groups -OCH3 is 1. The van der Waals surface area contributed by atoms with Gasteiger partial charge in [-0.25, -0.2) is 0 Å². The fourth-order valence-electron chi connectivity index (χ4n) is 1.10. The van der Waals surface area contributed by atoms with Gasteiger partial charge in [-0.15, -0.1) is 5.11 Å². The van der Waals surface area contributed by atoms with Crippen LogP contribution in [0.25, 0.3) is 0 Å². The van der Waals surface area contributed by atoms with Crippen molar-refractivity contribution in [3.63, 3.8) is 0 Å². The van der Waals surface area contributed by atoms with Crippen LogP contribution >= 0.6 is 0 Å². The van der Waals surface area contributed by atoms with E-state index in [1.807, 2.05) is 6.92 Å². The second-order valence-corrected chi connectivity index (χ2v) is 4.86. The molecule has 1 aromatic rings. The molecule has 7 nitrogen and oxygen atoms in total. The molecule has 0 bridgehead atoms. The first-order valence-electron chi connectivity index (χ1n) is 5.16. The van der Waals surface area contributed by atoms with Crippen molar-refractivity contribution in [2.24, 2.45) is 10.3 Å². The van der Waals surface area contributed by atoms with Crippen LogP contribution in [0.2, 0.25) is 0 Å². The Hall–Kier alpha value is -1.67. The van der Waals surface area contributed by atoms with Crippen LogP contribution in [0.3, 0.4) is 0 Å². The van der Waals surface area contributed by atoms with E-state index >= 15 is 0 Å². The van der Waals surface area contributed by atoms with Crippen LogP contribution < -0.4 is 4.74 Å². The van der Waals surface area contributed by atoms with E-state index < -0.39 is 10.1 Å². The molecule has 0 heterocycles. The van der Waals surface area contributed by atoms with Gasteiger partial charge >= 0.3 is 0 Å². The zero-order valence-electron chi connectivity index (χ0n) is 10.4. The molecule has 0 fully saturated rings. The van der Waals surface area contributed by atoms with Crippen LogP contribution in [0.4, 0.5) is 5.69 Å². The minimum Gasteiger partial charge on any atom is -0.497 e. The zero-order chi connectivity index (χ0) is 13.8. The van der Waals surface area contributed by atoms with E-state index in [-0.39, 0.29) is 10.6 Å². The summed E-state index contributed by atoms with van der Waals surface area (Å²) in [7, 11) is -1.28. The van der Waals surface area contributed by atoms with E-state index in [1.165, 1.54) is 30.3 Å². The molecule has 0 atom stereocenters. The summed E-state index contributed by atoms with van der Waals surface area (Å²) in [6.07, 6.45) is 0. The van der Waals surface area contributed by atoms with Crippen LogP contribution in [0.5, 0.6) is 5.75 Å². The summed E-state index contributed by atoms with van der Waals surface area (Å²) in [5.41, 5.74) is 0.0543. The van der Waals surface area contributed by atoms with E-state index in [4.69, 9.17) is 9.29 Å². The quantitative estimate of drug-likeness (QED) is 0.502. The van der Waals surface area contributed by atoms with Crippen molar-refractivity contribution in [1.29, 1.82) is 0 Å². The summed E-state index contributed by atoms with van der Waals surface area (Å²) < 4.78 is 36.4. The van der Waals surface area contributed by atoms with Crippen LogP contribution in [0.15, 0.2) is 33.4 Å². The number of benzene rings is 1. The van der Waals surface area contributed by atoms with Gasteiger partial charge < -0.3 is 4.74 Å². The molecule has 0 unspecified atom stereocenters. The second kappa shape index (κ2) is 5.78. The first-order valence-corrected chi connectivity index (χ1v) is 6.60. The molecule has 0 spiro atoms. The lowest BCUT2D eigenvalue weighted by Gasteiger charge is -2.08. The SMILES string of the molecule is CCN(C)/N=N/c1ccc(OC)cc1S(=O)(=O)O. The molecule has 0 aliphatic heterocycles. The third kappa shape index (κ3) is 3.67. The number of hydrogen-bond acceptors (Lipinski definition) is 5. The van der Waals surface area contributed by atoms with Crippen LogP contribution in [-0.2, 0) is 10.1 Å². The Morgan fingerprint density at radius 3 is 2.61 bits per heavy atom. The predicted molar refractivity (Wildman–Crippen MR) is 65.6 cm³/mol. The Balaban J connectivity index is 3.23. The summed E-state index contributed by atoms with van der Waals surface area (Å²) in [6.45, 7) is 2.50. The number of ether oxygens (including phenoxy) is 1. The first kappa shape index (κ1) is 14.4. The molecule has 0 aliphatic carbocycles. The van der Waals surface area contributed by atoms with Crippen molar-refractivity contribution < 1.29 is 17.7 Å². The van der Waals surface area contributed by atoms with Gasteiger partial charge in [0.15, 0.2) is 0 Å². The van der Waals surface area contributed by atoms with E-state index in [0.717, 1.165) is 0 Å². The maximum atomic E-state index is 11.2. The topological polar surface area (TPSA) is 91.6 Å². The van der Waals surface area contributed by atoms with E-state index in [9.17, 15) is 8.42 Å². The molecule has 0 aromatic heterocycles. The Morgan fingerprint density at radius 2 is 2.11 bits per heavy atom. The van der Waals surface area contributed by atoms with E-state index in [0.29, 0.717) is 12.3 Å². The molecule has 0 saturated heterocycles. The molecule has 1 N–H and O–H groups in total. The summed E-state index contributed by atoms with van der Waals surface area (Å²) in [5.74, 6) is 0.311. The normalized spacial score (nSPS) is 11.8. The van der Waals surface area contributed by atoms with Gasteiger partial charge in [0.05, 0.1) is 7.11 Å². The van der Waals surface area contributed by atoms with Gasteiger partial charge in [-0.1, -0.05) is 5.22 Å². The predicted octanol–water partition coefficient (Wildman–Crippen LogP) is 1.89. The second-order valence-electron chi connectivity index (χ2n) is 3.47. The van der Waals surface area contributed by atoms with Crippen LogP contribution in [0, 0.1) is 0 Å². The molecule has 0 saturated carbocycles. The van der Waals surface area contributed by atoms with Gasteiger partial charge in [0.2, 0.25) is 0 Å². The lowest BCUT2D eigenvalue weighted by Crippen LogP contribution is -2.07. The summed E-state index contributed by atoms with van der Waals surface area (Å²) in [6, 6.07) is 4.14. The molecular weight excluding hydrogens is 258 g/mol. The Bertz CT molecular complexity index is 542. The number of nitrogens with zero attached hydrogens (tertiary/aromatic N) is 3. The average molecular weight is 273 g/mol. The summed E-state index contributed by atoms with van der Waals surface area (Å²) in [5, 5.41) is 9.09. The number of hydrogen-bond donors (Lipinski definition) is 1. The highest BCUT2D eigenvalue weighted by Crippen LogP contribution is 2.28. The molecule has 18 heavy (non-hydrogen) atoms. The standard InChI is InChI=1S/C10H15N3O4S/c1-4-13(2)12-11-9-6-5-8(17-3)7-10(9)18(14,15)16/h5-7H,4H2,1-3H3,(H,14,15,16)/b12-11+. The molecule has 1 rings (SSSR count). The lowest BCUT2D eigenvalue weighted by molar-refractivity contribution is 0.350. The molecule has 8 heteroatoms. The van der Waals surface area contributed by atoms with Crippen LogP contribution in [-0.4, -0.2) is 38.7 Å². The fraction of sp³-hybridized carbons (Fsp3) is 0.400. The largest absolute Gasteiger partial charge is 0.497 e. The van der Waals surface area contributed by atoms with Gasteiger partial charge in [-0.3, -0.25) is 9.56 Å². The maximum Gasteiger partial charge on any atom is 0.296 e. The first-order chi connectivity index (χ1) is 8.38. The maximum absolute atomic E-state index is 11.2. The monoisotopic (exact) mass is 273 g/mol. The highest BCUT2D eigenvalue weighted by Gasteiger charge is 2.16. The highest BCUT2D eigenvalue weighted by molar-refractivity contribution is 7.86. The lowest BCUT2D eigenvalue weighted by atomic mass is 10.3. The van der Waals surface area contributed by atoms with Gasteiger partial charge in [0.25, 0.3) is 10.1 Å². The molecule has 0 amide bonds. The van der Waals surface area contributed by atoms with Crippen molar-refractivity contribution in [1.82, 2.24) is 5.01 Å². The molecule has 100 valence electrons. The van der Waals surface area contributed by atoms with Crippen molar-refractivity contribution in [3.8, 4) is 5.75 Å². The van der Waals surface area contributed by atoms with E-state index in [2.05, 4.69) is 10.3 Å². The number of rotatable bonds is 5. The van der Waals surface area contributed by atoms with Gasteiger partial charge in [-0.2, -0.15) is 8.42 Å². The smallest absolute Gasteiger partial charge is 0.296 e. The van der Waals surface area contributed by atoms with Gasteiger partial charge in [0.1, 0.15) is 16.3 Å². The third-order valence-electron chi connectivity index (χ3n) is 2.21. The van der Waals surface area contributed by atoms with Crippen molar-refractivity contribution in [3.05, 3.63) is 18.2 Å². The minimum absolute atomic E-state index is 0.0543. The third-order valence-corrected chi connectivity index (χ3v) is 3.09. The highest BCUT2D eigenvalue weighted by atomic mass is 32.2. The van der Waals surface area contributed by atoms with Crippen molar-refractivity contribution >= 4 is 15.8 Å². The zero-order valence-corrected chi connectivity index (χ0v) is 11.2. The van der Waals surface area contributed by atoms with Crippen molar-refractivity contribution in [2.45, 2.75) is 11.8 Å².